The number of hydrogen-bond acceptors (Lipinski definition) is 2. The molecule has 0 aliphatic carbocycles. The summed E-state index contributed by atoms with van der Waals surface area (Å²) in [4.78, 5) is 0. The molecule has 3 heteroatoms. The molecule has 19 heavy (non-hydrogen) atoms. The lowest BCUT2D eigenvalue weighted by atomic mass is 9.93. The van der Waals surface area contributed by atoms with Crippen molar-refractivity contribution in [3.05, 3.63) is 53.9 Å². The molecule has 1 atom stereocenters. The summed E-state index contributed by atoms with van der Waals surface area (Å²) in [6.07, 6.45) is 6.28. The summed E-state index contributed by atoms with van der Waals surface area (Å²) >= 11 is 0. The summed E-state index contributed by atoms with van der Waals surface area (Å²) in [6, 6.07) is 10.7. The predicted octanol–water partition coefficient (Wildman–Crippen LogP) is 2.43. The first-order valence-corrected chi connectivity index (χ1v) is 7.00. The van der Waals surface area contributed by atoms with Gasteiger partial charge in [0.15, 0.2) is 0 Å². The van der Waals surface area contributed by atoms with E-state index in [2.05, 4.69) is 53.9 Å². The molecule has 0 amide bonds. The van der Waals surface area contributed by atoms with Crippen LogP contribution < -0.4 is 5.32 Å². The van der Waals surface area contributed by atoms with Gasteiger partial charge in [0.25, 0.3) is 0 Å². The molecular formula is C16H23N3. The fourth-order valence-electron chi connectivity index (χ4n) is 2.42. The molecule has 0 radical (unpaired) electrons. The minimum absolute atomic E-state index is 0.617. The van der Waals surface area contributed by atoms with Crippen LogP contribution in [0.5, 0.6) is 0 Å². The van der Waals surface area contributed by atoms with Crippen molar-refractivity contribution in [3.8, 4) is 0 Å². The van der Waals surface area contributed by atoms with Crippen LogP contribution in [-0.4, -0.2) is 22.9 Å². The van der Waals surface area contributed by atoms with E-state index in [0.717, 1.165) is 25.9 Å². The van der Waals surface area contributed by atoms with Gasteiger partial charge >= 0.3 is 0 Å². The maximum atomic E-state index is 4.25. The third-order valence-electron chi connectivity index (χ3n) is 3.33. The molecule has 0 aliphatic heterocycles. The molecule has 0 saturated heterocycles. The number of rotatable bonds is 7. The van der Waals surface area contributed by atoms with Gasteiger partial charge in [-0.05, 0) is 43.0 Å². The van der Waals surface area contributed by atoms with Crippen LogP contribution in [0.2, 0.25) is 0 Å². The van der Waals surface area contributed by atoms with Crippen molar-refractivity contribution in [2.24, 2.45) is 13.0 Å². The van der Waals surface area contributed by atoms with Gasteiger partial charge in [-0.1, -0.05) is 37.3 Å². The van der Waals surface area contributed by atoms with Gasteiger partial charge in [-0.3, -0.25) is 4.68 Å². The second-order valence-electron chi connectivity index (χ2n) is 5.09. The molecule has 2 aromatic rings. The maximum absolute atomic E-state index is 4.25. The van der Waals surface area contributed by atoms with Gasteiger partial charge < -0.3 is 5.32 Å². The maximum Gasteiger partial charge on any atom is 0.0521 e. The van der Waals surface area contributed by atoms with Crippen molar-refractivity contribution >= 4 is 0 Å². The Morgan fingerprint density at radius 3 is 2.53 bits per heavy atom. The van der Waals surface area contributed by atoms with E-state index in [0.29, 0.717) is 5.92 Å². The zero-order chi connectivity index (χ0) is 13.5. The number of nitrogens with zero attached hydrogens (tertiary/aromatic N) is 2. The van der Waals surface area contributed by atoms with Crippen LogP contribution in [0, 0.1) is 5.92 Å². The monoisotopic (exact) mass is 257 g/mol. The van der Waals surface area contributed by atoms with E-state index >= 15 is 0 Å². The zero-order valence-electron chi connectivity index (χ0n) is 11.8. The van der Waals surface area contributed by atoms with Crippen molar-refractivity contribution in [1.82, 2.24) is 15.1 Å². The highest BCUT2D eigenvalue weighted by Gasteiger charge is 2.11. The standard InChI is InChI=1S/C16H23N3/c1-3-17-11-15(9-14-7-5-4-6-8-14)10-16-12-18-19(2)13-16/h4-8,12-13,15,17H,3,9-11H2,1-2H3. The van der Waals surface area contributed by atoms with E-state index in [4.69, 9.17) is 0 Å². The molecule has 1 aromatic carbocycles. The number of nitrogens with one attached hydrogen (secondary N) is 1. The topological polar surface area (TPSA) is 29.9 Å². The fourth-order valence-corrected chi connectivity index (χ4v) is 2.42. The van der Waals surface area contributed by atoms with Gasteiger partial charge in [0, 0.05) is 13.2 Å². The number of benzene rings is 1. The summed E-state index contributed by atoms with van der Waals surface area (Å²) in [6.45, 7) is 4.24. The van der Waals surface area contributed by atoms with E-state index in [1.165, 1.54) is 11.1 Å². The number of aryl methyl sites for hydroxylation is 1. The average Bonchev–Trinajstić information content (AvgIpc) is 2.82. The smallest absolute Gasteiger partial charge is 0.0521 e. The second-order valence-corrected chi connectivity index (χ2v) is 5.09. The van der Waals surface area contributed by atoms with Crippen LogP contribution >= 0.6 is 0 Å². The highest BCUT2D eigenvalue weighted by Crippen LogP contribution is 2.14. The van der Waals surface area contributed by atoms with Crippen LogP contribution in [0.1, 0.15) is 18.1 Å². The first-order chi connectivity index (χ1) is 9.28. The summed E-state index contributed by atoms with van der Waals surface area (Å²) in [7, 11) is 1.97. The number of aromatic nitrogens is 2. The highest BCUT2D eigenvalue weighted by atomic mass is 15.2. The average molecular weight is 257 g/mol. The van der Waals surface area contributed by atoms with Crippen molar-refractivity contribution in [2.45, 2.75) is 19.8 Å². The Hall–Kier alpha value is -1.61. The Morgan fingerprint density at radius 2 is 1.89 bits per heavy atom. The largest absolute Gasteiger partial charge is 0.317 e. The molecule has 1 heterocycles. The molecule has 0 spiro atoms. The lowest BCUT2D eigenvalue weighted by Gasteiger charge is -2.16. The van der Waals surface area contributed by atoms with Crippen molar-refractivity contribution < 1.29 is 0 Å². The van der Waals surface area contributed by atoms with Crippen molar-refractivity contribution in [1.29, 1.82) is 0 Å². The summed E-state index contributed by atoms with van der Waals surface area (Å²) < 4.78 is 1.88. The zero-order valence-corrected chi connectivity index (χ0v) is 11.8. The Bertz CT molecular complexity index is 476. The van der Waals surface area contributed by atoms with E-state index in [-0.39, 0.29) is 0 Å². The number of hydrogen-bond donors (Lipinski definition) is 1. The third kappa shape index (κ3) is 4.52. The van der Waals surface area contributed by atoms with Crippen molar-refractivity contribution in [3.63, 3.8) is 0 Å². The lowest BCUT2D eigenvalue weighted by Crippen LogP contribution is -2.25. The van der Waals surface area contributed by atoms with Crippen molar-refractivity contribution in [2.75, 3.05) is 13.1 Å². The fraction of sp³-hybridized carbons (Fsp3) is 0.438. The third-order valence-corrected chi connectivity index (χ3v) is 3.33. The second kappa shape index (κ2) is 7.10. The Labute approximate surface area is 115 Å². The summed E-state index contributed by atoms with van der Waals surface area (Å²) in [5.74, 6) is 0.617. The minimum atomic E-state index is 0.617. The molecular weight excluding hydrogens is 234 g/mol. The van der Waals surface area contributed by atoms with Crippen LogP contribution in [0.3, 0.4) is 0 Å². The van der Waals surface area contributed by atoms with E-state index in [1.807, 2.05) is 17.9 Å². The molecule has 0 aliphatic rings. The van der Waals surface area contributed by atoms with Crippen LogP contribution in [0.4, 0.5) is 0 Å². The first-order valence-electron chi connectivity index (χ1n) is 7.00. The summed E-state index contributed by atoms with van der Waals surface area (Å²) in [5.41, 5.74) is 2.73. The van der Waals surface area contributed by atoms with Crippen LogP contribution in [-0.2, 0) is 19.9 Å². The Balaban J connectivity index is 1.99. The molecule has 2 rings (SSSR count). The molecule has 1 N–H and O–H groups in total. The van der Waals surface area contributed by atoms with E-state index in [1.54, 1.807) is 0 Å². The molecule has 3 nitrogen and oxygen atoms in total. The Morgan fingerprint density at radius 1 is 1.16 bits per heavy atom. The molecule has 1 aromatic heterocycles. The van der Waals surface area contributed by atoms with Gasteiger partial charge in [-0.25, -0.2) is 0 Å². The highest BCUT2D eigenvalue weighted by molar-refractivity contribution is 5.16. The SMILES string of the molecule is CCNCC(Cc1ccccc1)Cc1cnn(C)c1. The molecule has 1 unspecified atom stereocenters. The molecule has 0 bridgehead atoms. The van der Waals surface area contributed by atoms with Gasteiger partial charge in [0.05, 0.1) is 6.20 Å². The quantitative estimate of drug-likeness (QED) is 0.825. The van der Waals surface area contributed by atoms with Gasteiger partial charge in [0.2, 0.25) is 0 Å². The predicted molar refractivity (Wildman–Crippen MR) is 79.1 cm³/mol. The van der Waals surface area contributed by atoms with E-state index < -0.39 is 0 Å². The lowest BCUT2D eigenvalue weighted by molar-refractivity contribution is 0.478. The van der Waals surface area contributed by atoms with Gasteiger partial charge in [-0.2, -0.15) is 5.10 Å². The van der Waals surface area contributed by atoms with Gasteiger partial charge in [0.1, 0.15) is 0 Å². The molecule has 102 valence electrons. The van der Waals surface area contributed by atoms with Crippen LogP contribution in [0.15, 0.2) is 42.7 Å². The minimum Gasteiger partial charge on any atom is -0.317 e. The normalized spacial score (nSPS) is 12.5. The molecule has 0 fully saturated rings. The first kappa shape index (κ1) is 13.8. The molecule has 0 saturated carbocycles. The van der Waals surface area contributed by atoms with E-state index in [9.17, 15) is 0 Å². The van der Waals surface area contributed by atoms with Gasteiger partial charge in [-0.15, -0.1) is 0 Å². The Kier molecular flexibility index (Phi) is 5.16. The van der Waals surface area contributed by atoms with Crippen LogP contribution in [0.25, 0.3) is 0 Å². The summed E-state index contributed by atoms with van der Waals surface area (Å²) in [5, 5.41) is 7.72.